The Labute approximate surface area is 142 Å². The summed E-state index contributed by atoms with van der Waals surface area (Å²) in [7, 11) is 1.62. The van der Waals surface area contributed by atoms with Gasteiger partial charge in [0.2, 0.25) is 0 Å². The second-order valence-electron chi connectivity index (χ2n) is 6.00. The van der Waals surface area contributed by atoms with Crippen LogP contribution < -0.4 is 20.3 Å². The molecule has 0 aliphatic carbocycles. The lowest BCUT2D eigenvalue weighted by Crippen LogP contribution is -2.34. The van der Waals surface area contributed by atoms with E-state index in [0.29, 0.717) is 12.5 Å². The number of para-hydroxylation sites is 1. The Bertz CT molecular complexity index is 658. The zero-order valence-electron chi connectivity index (χ0n) is 13.9. The van der Waals surface area contributed by atoms with E-state index in [1.54, 1.807) is 7.11 Å². The number of rotatable bonds is 5. The van der Waals surface area contributed by atoms with Gasteiger partial charge in [-0.1, -0.05) is 18.2 Å². The molecule has 2 amide bonds. The van der Waals surface area contributed by atoms with Gasteiger partial charge in [0.15, 0.2) is 0 Å². The number of hydrogen-bond donors (Lipinski definition) is 2. The van der Waals surface area contributed by atoms with Crippen molar-refractivity contribution in [3.05, 3.63) is 54.6 Å². The highest BCUT2D eigenvalue weighted by atomic mass is 16.5. The van der Waals surface area contributed by atoms with Crippen LogP contribution in [0.5, 0.6) is 5.75 Å². The minimum absolute atomic E-state index is 0.168. The van der Waals surface area contributed by atoms with Crippen molar-refractivity contribution in [1.29, 1.82) is 0 Å². The van der Waals surface area contributed by atoms with Gasteiger partial charge in [0.25, 0.3) is 0 Å². The van der Waals surface area contributed by atoms with Crippen molar-refractivity contribution in [1.82, 2.24) is 5.32 Å². The summed E-state index contributed by atoms with van der Waals surface area (Å²) in [5.41, 5.74) is 2.01. The quantitative estimate of drug-likeness (QED) is 0.886. The second-order valence-corrected chi connectivity index (χ2v) is 6.00. The fourth-order valence-electron chi connectivity index (χ4n) is 2.96. The van der Waals surface area contributed by atoms with Crippen LogP contribution in [-0.4, -0.2) is 32.8 Å². The third-order valence-corrected chi connectivity index (χ3v) is 4.31. The molecule has 5 heteroatoms. The van der Waals surface area contributed by atoms with Gasteiger partial charge in [-0.2, -0.15) is 0 Å². The topological polar surface area (TPSA) is 53.6 Å². The summed E-state index contributed by atoms with van der Waals surface area (Å²) in [5, 5.41) is 5.81. The molecule has 24 heavy (non-hydrogen) atoms. The molecule has 1 atom stereocenters. The Hall–Kier alpha value is -2.69. The summed E-state index contributed by atoms with van der Waals surface area (Å²) < 4.78 is 5.10. The number of amides is 2. The van der Waals surface area contributed by atoms with E-state index in [4.69, 9.17) is 4.74 Å². The van der Waals surface area contributed by atoms with Gasteiger partial charge in [0.1, 0.15) is 5.75 Å². The predicted molar refractivity (Wildman–Crippen MR) is 96.8 cm³/mol. The highest BCUT2D eigenvalue weighted by Crippen LogP contribution is 2.23. The lowest BCUT2D eigenvalue weighted by Gasteiger charge is -2.18. The first-order valence-electron chi connectivity index (χ1n) is 8.23. The number of urea groups is 1. The van der Waals surface area contributed by atoms with Gasteiger partial charge >= 0.3 is 6.03 Å². The minimum atomic E-state index is -0.168. The number of carbonyl (C=O) groups excluding carboxylic acids is 1. The molecular weight excluding hydrogens is 302 g/mol. The molecule has 3 rings (SSSR count). The number of carbonyl (C=O) groups is 1. The Balaban J connectivity index is 1.43. The summed E-state index contributed by atoms with van der Waals surface area (Å²) in [4.78, 5) is 14.4. The average molecular weight is 325 g/mol. The standard InChI is InChI=1S/C19H23N3O2/c1-24-18-9-7-16(8-10-18)21-19(23)20-13-15-11-12-22(14-15)17-5-3-2-4-6-17/h2-10,15H,11-14H2,1H3,(H2,20,21,23)/t15-/m0/s1. The van der Waals surface area contributed by atoms with Crippen molar-refractivity contribution in [3.8, 4) is 5.75 Å². The molecule has 0 aromatic heterocycles. The van der Waals surface area contributed by atoms with Crippen LogP contribution >= 0.6 is 0 Å². The van der Waals surface area contributed by atoms with Crippen LogP contribution in [-0.2, 0) is 0 Å². The maximum atomic E-state index is 12.0. The zero-order valence-corrected chi connectivity index (χ0v) is 13.9. The third kappa shape index (κ3) is 4.19. The van der Waals surface area contributed by atoms with Crippen molar-refractivity contribution >= 4 is 17.4 Å². The lowest BCUT2D eigenvalue weighted by atomic mass is 10.1. The van der Waals surface area contributed by atoms with E-state index >= 15 is 0 Å². The number of methoxy groups -OCH3 is 1. The third-order valence-electron chi connectivity index (χ3n) is 4.31. The van der Waals surface area contributed by atoms with E-state index in [-0.39, 0.29) is 6.03 Å². The fraction of sp³-hybridized carbons (Fsp3) is 0.316. The molecule has 126 valence electrons. The number of nitrogens with zero attached hydrogens (tertiary/aromatic N) is 1. The molecule has 1 saturated heterocycles. The summed E-state index contributed by atoms with van der Waals surface area (Å²) in [6.45, 7) is 2.70. The Kier molecular flexibility index (Phi) is 5.21. The minimum Gasteiger partial charge on any atom is -0.497 e. The van der Waals surface area contributed by atoms with Gasteiger partial charge in [-0.3, -0.25) is 0 Å². The van der Waals surface area contributed by atoms with Crippen LogP contribution in [0.1, 0.15) is 6.42 Å². The predicted octanol–water partition coefficient (Wildman–Crippen LogP) is 3.34. The fourth-order valence-corrected chi connectivity index (χ4v) is 2.96. The number of hydrogen-bond acceptors (Lipinski definition) is 3. The van der Waals surface area contributed by atoms with Gasteiger partial charge in [-0.05, 0) is 48.7 Å². The van der Waals surface area contributed by atoms with Crippen LogP contribution in [0.2, 0.25) is 0 Å². The first-order chi connectivity index (χ1) is 11.7. The number of benzene rings is 2. The summed E-state index contributed by atoms with van der Waals surface area (Å²) >= 11 is 0. The molecule has 2 aromatic carbocycles. The SMILES string of the molecule is COc1ccc(NC(=O)NC[C@@H]2CCN(c3ccccc3)C2)cc1. The molecule has 0 saturated carbocycles. The summed E-state index contributed by atoms with van der Waals surface area (Å²) in [6, 6.07) is 17.5. The molecular formula is C19H23N3O2. The maximum Gasteiger partial charge on any atom is 0.319 e. The number of ether oxygens (including phenoxy) is 1. The molecule has 2 N–H and O–H groups in total. The van der Waals surface area contributed by atoms with Crippen molar-refractivity contribution in [2.45, 2.75) is 6.42 Å². The number of nitrogens with one attached hydrogen (secondary N) is 2. The van der Waals surface area contributed by atoms with Gasteiger partial charge in [-0.15, -0.1) is 0 Å². The van der Waals surface area contributed by atoms with Crippen molar-refractivity contribution in [2.75, 3.05) is 37.0 Å². The smallest absolute Gasteiger partial charge is 0.319 e. The van der Waals surface area contributed by atoms with Crippen LogP contribution in [0.15, 0.2) is 54.6 Å². The average Bonchev–Trinajstić information content (AvgIpc) is 3.10. The van der Waals surface area contributed by atoms with Crippen LogP contribution in [0.25, 0.3) is 0 Å². The van der Waals surface area contributed by atoms with Gasteiger partial charge in [0.05, 0.1) is 7.11 Å². The molecule has 5 nitrogen and oxygen atoms in total. The highest BCUT2D eigenvalue weighted by Gasteiger charge is 2.22. The Morgan fingerprint density at radius 2 is 1.92 bits per heavy atom. The summed E-state index contributed by atoms with van der Waals surface area (Å²) in [5.74, 6) is 1.25. The van der Waals surface area contributed by atoms with Crippen LogP contribution in [0, 0.1) is 5.92 Å². The monoisotopic (exact) mass is 325 g/mol. The van der Waals surface area contributed by atoms with E-state index < -0.39 is 0 Å². The van der Waals surface area contributed by atoms with E-state index in [1.807, 2.05) is 30.3 Å². The zero-order chi connectivity index (χ0) is 16.8. The molecule has 1 heterocycles. The molecule has 0 bridgehead atoms. The van der Waals surface area contributed by atoms with E-state index in [2.05, 4.69) is 39.8 Å². The highest BCUT2D eigenvalue weighted by molar-refractivity contribution is 5.89. The Morgan fingerprint density at radius 1 is 1.17 bits per heavy atom. The molecule has 1 aliphatic heterocycles. The molecule has 0 radical (unpaired) electrons. The number of anilines is 2. The lowest BCUT2D eigenvalue weighted by molar-refractivity contribution is 0.250. The van der Waals surface area contributed by atoms with E-state index in [0.717, 1.165) is 30.9 Å². The maximum absolute atomic E-state index is 12.0. The van der Waals surface area contributed by atoms with E-state index in [1.165, 1.54) is 5.69 Å². The molecule has 1 fully saturated rings. The molecule has 0 spiro atoms. The first kappa shape index (κ1) is 16.2. The largest absolute Gasteiger partial charge is 0.497 e. The molecule has 1 aliphatic rings. The van der Waals surface area contributed by atoms with Gasteiger partial charge < -0.3 is 20.3 Å². The van der Waals surface area contributed by atoms with Crippen molar-refractivity contribution in [2.24, 2.45) is 5.92 Å². The van der Waals surface area contributed by atoms with Crippen LogP contribution in [0.3, 0.4) is 0 Å². The second kappa shape index (κ2) is 7.73. The Morgan fingerprint density at radius 3 is 2.62 bits per heavy atom. The summed E-state index contributed by atoms with van der Waals surface area (Å²) in [6.07, 6.45) is 1.09. The van der Waals surface area contributed by atoms with Crippen molar-refractivity contribution in [3.63, 3.8) is 0 Å². The molecule has 0 unspecified atom stereocenters. The van der Waals surface area contributed by atoms with Crippen molar-refractivity contribution < 1.29 is 9.53 Å². The van der Waals surface area contributed by atoms with Gasteiger partial charge in [-0.25, -0.2) is 4.79 Å². The van der Waals surface area contributed by atoms with E-state index in [9.17, 15) is 4.79 Å². The normalized spacial score (nSPS) is 16.7. The van der Waals surface area contributed by atoms with Gasteiger partial charge in [0, 0.05) is 31.0 Å². The molecule has 2 aromatic rings. The first-order valence-corrected chi connectivity index (χ1v) is 8.23. The van der Waals surface area contributed by atoms with Crippen LogP contribution in [0.4, 0.5) is 16.2 Å².